The molecule has 3 aromatic rings. The van der Waals surface area contributed by atoms with E-state index in [2.05, 4.69) is 0 Å². The monoisotopic (exact) mass is 419 g/mol. The minimum atomic E-state index is -1.12. The fraction of sp³-hybridized carbons (Fsp3) is 0.240. The molecule has 1 aliphatic heterocycles. The van der Waals surface area contributed by atoms with Crippen LogP contribution in [0, 0.1) is 5.92 Å². The summed E-state index contributed by atoms with van der Waals surface area (Å²) in [6.45, 7) is -0.00639. The van der Waals surface area contributed by atoms with Gasteiger partial charge in [-0.3, -0.25) is 4.79 Å². The van der Waals surface area contributed by atoms with Gasteiger partial charge in [0.05, 0.1) is 31.8 Å². The molecule has 0 spiro atoms. The van der Waals surface area contributed by atoms with Gasteiger partial charge in [-0.1, -0.05) is 42.5 Å². The fourth-order valence-electron chi connectivity index (χ4n) is 3.89. The molecule has 3 aromatic carbocycles. The molecule has 3 atom stereocenters. The quantitative estimate of drug-likeness (QED) is 0.548. The van der Waals surface area contributed by atoms with Gasteiger partial charge >= 0.3 is 0 Å². The van der Waals surface area contributed by atoms with Crippen molar-refractivity contribution in [2.24, 2.45) is 5.92 Å². The Morgan fingerprint density at radius 2 is 1.58 bits per heavy atom. The highest BCUT2D eigenvalue weighted by atomic mass is 16.5. The number of ether oxygens (including phenoxy) is 2. The summed E-state index contributed by atoms with van der Waals surface area (Å²) in [5.74, 6) is 0.484. The lowest BCUT2D eigenvalue weighted by molar-refractivity contribution is -0.137. The zero-order valence-electron chi connectivity index (χ0n) is 17.2. The zero-order valence-corrected chi connectivity index (χ0v) is 17.2. The van der Waals surface area contributed by atoms with Gasteiger partial charge in [-0.25, -0.2) is 0 Å². The molecule has 0 unspecified atom stereocenters. The molecule has 1 amide bonds. The van der Waals surface area contributed by atoms with Gasteiger partial charge in [0.15, 0.2) is 0 Å². The van der Waals surface area contributed by atoms with Crippen molar-refractivity contribution < 1.29 is 24.5 Å². The molecule has 2 N–H and O–H groups in total. The minimum absolute atomic E-state index is 0.221. The maximum absolute atomic E-state index is 12.8. The van der Waals surface area contributed by atoms with E-state index in [1.807, 2.05) is 66.7 Å². The molecule has 1 aliphatic rings. The SMILES string of the molecule is COc1ccc(N2C(=O)[C@@H]([C@H](O)CO)[C@H]2c2ccc(OCc3ccccc3)cc2)cc1. The first kappa shape index (κ1) is 20.9. The van der Waals surface area contributed by atoms with Crippen LogP contribution in [0.2, 0.25) is 0 Å². The molecule has 1 saturated heterocycles. The number of aliphatic hydroxyl groups excluding tert-OH is 2. The lowest BCUT2D eigenvalue weighted by Gasteiger charge is -2.49. The molecule has 1 fully saturated rings. The number of benzene rings is 3. The molecule has 0 aromatic heterocycles. The molecule has 1 heterocycles. The van der Waals surface area contributed by atoms with E-state index in [-0.39, 0.29) is 11.9 Å². The summed E-state index contributed by atoms with van der Waals surface area (Å²) in [6, 6.07) is 24.2. The fourth-order valence-corrected chi connectivity index (χ4v) is 3.89. The van der Waals surface area contributed by atoms with Crippen LogP contribution in [0.1, 0.15) is 17.2 Å². The molecule has 0 aliphatic carbocycles. The van der Waals surface area contributed by atoms with Crippen LogP contribution in [0.3, 0.4) is 0 Å². The van der Waals surface area contributed by atoms with Crippen LogP contribution in [0.5, 0.6) is 11.5 Å². The second kappa shape index (κ2) is 9.20. The second-order valence-electron chi connectivity index (χ2n) is 7.47. The van der Waals surface area contributed by atoms with Gasteiger partial charge in [0.1, 0.15) is 18.1 Å². The zero-order chi connectivity index (χ0) is 21.8. The molecular weight excluding hydrogens is 394 g/mol. The number of amides is 1. The summed E-state index contributed by atoms with van der Waals surface area (Å²) in [7, 11) is 1.58. The van der Waals surface area contributed by atoms with Crippen LogP contribution in [0.15, 0.2) is 78.9 Å². The van der Waals surface area contributed by atoms with Crippen molar-refractivity contribution in [3.63, 3.8) is 0 Å². The third-order valence-corrected chi connectivity index (χ3v) is 5.56. The molecule has 160 valence electrons. The average Bonchev–Trinajstić information content (AvgIpc) is 2.82. The highest BCUT2D eigenvalue weighted by Crippen LogP contribution is 2.45. The Labute approximate surface area is 181 Å². The van der Waals surface area contributed by atoms with E-state index in [0.29, 0.717) is 23.8 Å². The molecule has 0 radical (unpaired) electrons. The van der Waals surface area contributed by atoms with E-state index in [1.54, 1.807) is 24.1 Å². The first-order valence-electron chi connectivity index (χ1n) is 10.1. The van der Waals surface area contributed by atoms with Gasteiger partial charge in [-0.15, -0.1) is 0 Å². The number of rotatable bonds is 8. The van der Waals surface area contributed by atoms with Crippen molar-refractivity contribution in [1.29, 1.82) is 0 Å². The first-order chi connectivity index (χ1) is 15.1. The van der Waals surface area contributed by atoms with Crippen molar-refractivity contribution in [2.45, 2.75) is 18.8 Å². The molecule has 31 heavy (non-hydrogen) atoms. The van der Waals surface area contributed by atoms with Crippen molar-refractivity contribution in [3.05, 3.63) is 90.0 Å². The van der Waals surface area contributed by atoms with Crippen LogP contribution < -0.4 is 14.4 Å². The van der Waals surface area contributed by atoms with Gasteiger partial charge in [-0.2, -0.15) is 0 Å². The maximum atomic E-state index is 12.8. The highest BCUT2D eigenvalue weighted by Gasteiger charge is 2.52. The van der Waals surface area contributed by atoms with Crippen LogP contribution >= 0.6 is 0 Å². The lowest BCUT2D eigenvalue weighted by Crippen LogP contribution is -2.60. The molecule has 0 saturated carbocycles. The number of carbonyl (C=O) groups excluding carboxylic acids is 1. The minimum Gasteiger partial charge on any atom is -0.497 e. The third-order valence-electron chi connectivity index (χ3n) is 5.56. The van der Waals surface area contributed by atoms with Crippen molar-refractivity contribution in [2.75, 3.05) is 18.6 Å². The van der Waals surface area contributed by atoms with Gasteiger partial charge in [0.2, 0.25) is 5.91 Å². The van der Waals surface area contributed by atoms with E-state index in [0.717, 1.165) is 11.1 Å². The number of hydrogen-bond donors (Lipinski definition) is 2. The topological polar surface area (TPSA) is 79.2 Å². The summed E-state index contributed by atoms with van der Waals surface area (Å²) < 4.78 is 11.0. The largest absolute Gasteiger partial charge is 0.497 e. The molecule has 4 rings (SSSR count). The third kappa shape index (κ3) is 4.26. The lowest BCUT2D eigenvalue weighted by atomic mass is 9.78. The Balaban J connectivity index is 1.55. The van der Waals surface area contributed by atoms with E-state index >= 15 is 0 Å². The highest BCUT2D eigenvalue weighted by molar-refractivity contribution is 6.03. The number of nitrogens with zero attached hydrogens (tertiary/aromatic N) is 1. The summed E-state index contributed by atoms with van der Waals surface area (Å²) in [4.78, 5) is 14.5. The molecule has 0 bridgehead atoms. The smallest absolute Gasteiger partial charge is 0.235 e. The number of β-lactam (4-membered cyclic amide) rings is 1. The maximum Gasteiger partial charge on any atom is 0.235 e. The Morgan fingerprint density at radius 3 is 2.19 bits per heavy atom. The molecule has 6 heteroatoms. The molecular formula is C25H25NO5. The number of aliphatic hydroxyl groups is 2. The van der Waals surface area contributed by atoms with Crippen LogP contribution in [-0.4, -0.2) is 35.9 Å². The Kier molecular flexibility index (Phi) is 6.21. The standard InChI is InChI=1S/C25H25NO5/c1-30-20-13-9-19(10-14-20)26-24(23(25(26)29)22(28)15-27)18-7-11-21(12-8-18)31-16-17-5-3-2-4-6-17/h2-14,22-24,27-28H,15-16H2,1H3/t22-,23+,24-/m1/s1. The summed E-state index contributed by atoms with van der Waals surface area (Å²) in [6.07, 6.45) is -1.12. The van der Waals surface area contributed by atoms with Crippen LogP contribution in [0.4, 0.5) is 5.69 Å². The van der Waals surface area contributed by atoms with Crippen LogP contribution in [-0.2, 0) is 11.4 Å². The van der Waals surface area contributed by atoms with Gasteiger partial charge in [-0.05, 0) is 47.5 Å². The first-order valence-corrected chi connectivity index (χ1v) is 10.1. The normalized spacial score (nSPS) is 18.9. The predicted molar refractivity (Wildman–Crippen MR) is 117 cm³/mol. The van der Waals surface area contributed by atoms with Crippen LogP contribution in [0.25, 0.3) is 0 Å². The summed E-state index contributed by atoms with van der Waals surface area (Å²) in [5, 5.41) is 19.7. The predicted octanol–water partition coefficient (Wildman–Crippen LogP) is 3.33. The Morgan fingerprint density at radius 1 is 0.935 bits per heavy atom. The van der Waals surface area contributed by atoms with Crippen molar-refractivity contribution in [3.8, 4) is 11.5 Å². The number of hydrogen-bond acceptors (Lipinski definition) is 5. The Bertz CT molecular complexity index is 1000. The average molecular weight is 419 g/mol. The van der Waals surface area contributed by atoms with Gasteiger partial charge < -0.3 is 24.6 Å². The summed E-state index contributed by atoms with van der Waals surface area (Å²) in [5.41, 5.74) is 2.65. The van der Waals surface area contributed by atoms with E-state index in [4.69, 9.17) is 9.47 Å². The summed E-state index contributed by atoms with van der Waals surface area (Å²) >= 11 is 0. The van der Waals surface area contributed by atoms with E-state index < -0.39 is 18.6 Å². The molecule has 6 nitrogen and oxygen atoms in total. The van der Waals surface area contributed by atoms with E-state index in [9.17, 15) is 15.0 Å². The van der Waals surface area contributed by atoms with Gasteiger partial charge in [0.25, 0.3) is 0 Å². The number of carbonyl (C=O) groups is 1. The van der Waals surface area contributed by atoms with E-state index in [1.165, 1.54) is 0 Å². The second-order valence-corrected chi connectivity index (χ2v) is 7.47. The Hall–Kier alpha value is -3.35. The number of anilines is 1. The van der Waals surface area contributed by atoms with Crippen molar-refractivity contribution in [1.82, 2.24) is 0 Å². The number of methoxy groups -OCH3 is 1. The van der Waals surface area contributed by atoms with Gasteiger partial charge in [0, 0.05) is 5.69 Å². The van der Waals surface area contributed by atoms with Crippen molar-refractivity contribution >= 4 is 11.6 Å².